The average molecular weight is 511 g/mol. The highest BCUT2D eigenvalue weighted by molar-refractivity contribution is 14.0. The van der Waals surface area contributed by atoms with Crippen molar-refractivity contribution < 1.29 is 9.90 Å². The van der Waals surface area contributed by atoms with Gasteiger partial charge >= 0.3 is 0 Å². The van der Waals surface area contributed by atoms with E-state index in [9.17, 15) is 9.90 Å². The Labute approximate surface area is 189 Å². The summed E-state index contributed by atoms with van der Waals surface area (Å²) in [6, 6.07) is 14.9. The first kappa shape index (κ1) is 24.8. The van der Waals surface area contributed by atoms with Gasteiger partial charge in [0.1, 0.15) is 11.4 Å². The third-order valence-electron chi connectivity index (χ3n) is 4.09. The Morgan fingerprint density at radius 3 is 2.52 bits per heavy atom. The van der Waals surface area contributed by atoms with Crippen LogP contribution in [0.5, 0.6) is 0 Å². The molecule has 1 atom stereocenters. The maximum Gasteiger partial charge on any atom is 0.227 e. The molecule has 0 aliphatic carbocycles. The first-order valence-corrected chi connectivity index (χ1v) is 9.44. The lowest BCUT2D eigenvalue weighted by atomic mass is 9.96. The molecule has 0 aliphatic rings. The van der Waals surface area contributed by atoms with E-state index in [0.717, 1.165) is 11.3 Å². The summed E-state index contributed by atoms with van der Waals surface area (Å²) in [6.07, 6.45) is 0.273. The molecule has 1 aromatic carbocycles. The molecule has 0 radical (unpaired) electrons. The number of nitrogens with zero attached hydrogens (tertiary/aromatic N) is 2. The maximum absolute atomic E-state index is 12.1. The van der Waals surface area contributed by atoms with Crippen LogP contribution in [0.25, 0.3) is 0 Å². The number of aromatic nitrogens is 1. The van der Waals surface area contributed by atoms with E-state index in [4.69, 9.17) is 0 Å². The number of carbonyl (C=O) groups excluding carboxylic acids is 1. The van der Waals surface area contributed by atoms with Crippen molar-refractivity contribution in [1.82, 2.24) is 15.6 Å². The minimum Gasteiger partial charge on any atom is -0.384 e. The lowest BCUT2D eigenvalue weighted by Crippen LogP contribution is -2.40. The molecule has 1 amide bonds. The monoisotopic (exact) mass is 511 g/mol. The van der Waals surface area contributed by atoms with Gasteiger partial charge in [0, 0.05) is 25.2 Å². The Kier molecular flexibility index (Phi) is 10.6. The molecule has 29 heavy (non-hydrogen) atoms. The van der Waals surface area contributed by atoms with Crippen LogP contribution < -0.4 is 16.0 Å². The number of hydrogen-bond acceptors (Lipinski definition) is 4. The van der Waals surface area contributed by atoms with Gasteiger partial charge in [0.2, 0.25) is 5.91 Å². The van der Waals surface area contributed by atoms with Crippen molar-refractivity contribution >= 4 is 41.7 Å². The predicted molar refractivity (Wildman–Crippen MR) is 128 cm³/mol. The van der Waals surface area contributed by atoms with Gasteiger partial charge in [-0.2, -0.15) is 0 Å². The van der Waals surface area contributed by atoms with Gasteiger partial charge < -0.3 is 21.1 Å². The quantitative estimate of drug-likeness (QED) is 0.248. The third kappa shape index (κ3) is 8.78. The number of aliphatic hydroxyl groups is 1. The fourth-order valence-electron chi connectivity index (χ4n) is 2.58. The molecule has 2 aromatic rings. The zero-order valence-corrected chi connectivity index (χ0v) is 19.4. The van der Waals surface area contributed by atoms with Crippen LogP contribution in [0, 0.1) is 6.92 Å². The molecule has 0 aliphatic heterocycles. The van der Waals surface area contributed by atoms with Crippen LogP contribution in [0.15, 0.2) is 53.5 Å². The number of aliphatic imine (C=N–C) groups is 1. The molecule has 8 heteroatoms. The summed E-state index contributed by atoms with van der Waals surface area (Å²) in [5.41, 5.74) is 0.584. The van der Waals surface area contributed by atoms with Gasteiger partial charge in [-0.3, -0.25) is 4.79 Å². The summed E-state index contributed by atoms with van der Waals surface area (Å²) in [5, 5.41) is 19.7. The second-order valence-electron chi connectivity index (χ2n) is 6.72. The SMILES string of the molecule is CCNC(=NCC(C)(O)c1ccccc1)NCCC(=O)Nc1cccc(C)n1.I. The van der Waals surface area contributed by atoms with Crippen LogP contribution in [-0.2, 0) is 10.4 Å². The van der Waals surface area contributed by atoms with Crippen molar-refractivity contribution in [3.63, 3.8) is 0 Å². The van der Waals surface area contributed by atoms with E-state index in [2.05, 4.69) is 25.9 Å². The number of nitrogens with one attached hydrogen (secondary N) is 3. The van der Waals surface area contributed by atoms with Crippen LogP contribution >= 0.6 is 24.0 Å². The molecule has 1 heterocycles. The Hall–Kier alpha value is -2.20. The largest absolute Gasteiger partial charge is 0.384 e. The van der Waals surface area contributed by atoms with E-state index in [1.54, 1.807) is 13.0 Å². The van der Waals surface area contributed by atoms with Gasteiger partial charge in [0.05, 0.1) is 6.54 Å². The number of pyridine rings is 1. The molecule has 158 valence electrons. The zero-order chi connectivity index (χ0) is 20.4. The minimum absolute atomic E-state index is 0. The highest BCUT2D eigenvalue weighted by Crippen LogP contribution is 2.20. The van der Waals surface area contributed by atoms with Crippen LogP contribution in [0.2, 0.25) is 0 Å². The van der Waals surface area contributed by atoms with Crippen molar-refractivity contribution in [1.29, 1.82) is 0 Å². The van der Waals surface area contributed by atoms with Gasteiger partial charge in [0.15, 0.2) is 5.96 Å². The number of halogens is 1. The number of guanidine groups is 1. The average Bonchev–Trinajstić information content (AvgIpc) is 2.67. The lowest BCUT2D eigenvalue weighted by molar-refractivity contribution is -0.116. The van der Waals surface area contributed by atoms with Crippen molar-refractivity contribution in [2.75, 3.05) is 25.0 Å². The second kappa shape index (κ2) is 12.4. The van der Waals surface area contributed by atoms with Crippen molar-refractivity contribution in [3.05, 3.63) is 59.8 Å². The minimum atomic E-state index is -1.07. The van der Waals surface area contributed by atoms with Gasteiger partial charge in [0.25, 0.3) is 0 Å². The number of rotatable bonds is 8. The molecule has 0 saturated heterocycles. The molecule has 7 nitrogen and oxygen atoms in total. The topological polar surface area (TPSA) is 98.6 Å². The number of carbonyl (C=O) groups is 1. The molecule has 0 fully saturated rings. The zero-order valence-electron chi connectivity index (χ0n) is 17.1. The van der Waals surface area contributed by atoms with E-state index in [1.165, 1.54) is 0 Å². The molecule has 1 unspecified atom stereocenters. The predicted octanol–water partition coefficient (Wildman–Crippen LogP) is 2.80. The number of amides is 1. The summed E-state index contributed by atoms with van der Waals surface area (Å²) < 4.78 is 0. The molecule has 0 spiro atoms. The smallest absolute Gasteiger partial charge is 0.227 e. The van der Waals surface area contributed by atoms with Crippen molar-refractivity contribution in [3.8, 4) is 0 Å². The molecule has 1 aromatic heterocycles. The van der Waals surface area contributed by atoms with E-state index in [1.807, 2.05) is 56.3 Å². The molecule has 4 N–H and O–H groups in total. The molecule has 2 rings (SSSR count). The van der Waals surface area contributed by atoms with Crippen LogP contribution in [0.4, 0.5) is 5.82 Å². The van der Waals surface area contributed by atoms with Gasteiger partial charge in [-0.15, -0.1) is 24.0 Å². The maximum atomic E-state index is 12.1. The second-order valence-corrected chi connectivity index (χ2v) is 6.72. The summed E-state index contributed by atoms with van der Waals surface area (Å²) >= 11 is 0. The first-order valence-electron chi connectivity index (χ1n) is 9.44. The molecule has 0 bridgehead atoms. The molecular weight excluding hydrogens is 481 g/mol. The Bertz CT molecular complexity index is 797. The van der Waals surface area contributed by atoms with E-state index >= 15 is 0 Å². The fraction of sp³-hybridized carbons (Fsp3) is 0.381. The van der Waals surface area contributed by atoms with Crippen molar-refractivity contribution in [2.45, 2.75) is 32.8 Å². The third-order valence-corrected chi connectivity index (χ3v) is 4.09. The summed E-state index contributed by atoms with van der Waals surface area (Å²) in [6.45, 7) is 6.86. The normalized spacial score (nSPS) is 13.0. The van der Waals surface area contributed by atoms with Gasteiger partial charge in [-0.1, -0.05) is 36.4 Å². The summed E-state index contributed by atoms with van der Waals surface area (Å²) in [7, 11) is 0. The Balaban J connectivity index is 0.00000420. The lowest BCUT2D eigenvalue weighted by Gasteiger charge is -2.22. The Morgan fingerprint density at radius 1 is 1.14 bits per heavy atom. The standard InChI is InChI=1S/C21H29N5O2.HI/c1-4-22-20(24-15-21(3,28)17-10-6-5-7-11-17)23-14-13-19(27)26-18-12-8-9-16(2)25-18;/h5-12,28H,4,13-15H2,1-3H3,(H2,22,23,24)(H,25,26,27);1H. The Morgan fingerprint density at radius 2 is 1.86 bits per heavy atom. The summed E-state index contributed by atoms with van der Waals surface area (Å²) in [5.74, 6) is 0.974. The summed E-state index contributed by atoms with van der Waals surface area (Å²) in [4.78, 5) is 20.8. The number of benzene rings is 1. The van der Waals surface area contributed by atoms with Crippen LogP contribution in [0.1, 0.15) is 31.5 Å². The van der Waals surface area contributed by atoms with E-state index in [0.29, 0.717) is 24.9 Å². The van der Waals surface area contributed by atoms with Gasteiger partial charge in [-0.05, 0) is 38.5 Å². The van der Waals surface area contributed by atoms with E-state index < -0.39 is 5.60 Å². The number of aryl methyl sites for hydroxylation is 1. The van der Waals surface area contributed by atoms with Crippen molar-refractivity contribution in [2.24, 2.45) is 4.99 Å². The van der Waals surface area contributed by atoms with E-state index in [-0.39, 0.29) is 42.8 Å². The highest BCUT2D eigenvalue weighted by atomic mass is 127. The molecular formula is C21H30IN5O2. The number of anilines is 1. The first-order chi connectivity index (χ1) is 13.4. The van der Waals surface area contributed by atoms with Crippen LogP contribution in [0.3, 0.4) is 0 Å². The molecule has 0 saturated carbocycles. The number of hydrogen-bond donors (Lipinski definition) is 4. The van der Waals surface area contributed by atoms with Crippen LogP contribution in [-0.4, -0.2) is 41.6 Å². The fourth-order valence-corrected chi connectivity index (χ4v) is 2.58. The highest BCUT2D eigenvalue weighted by Gasteiger charge is 2.22. The van der Waals surface area contributed by atoms with Gasteiger partial charge in [-0.25, -0.2) is 9.98 Å².